The van der Waals surface area contributed by atoms with Gasteiger partial charge in [-0.3, -0.25) is 9.11 Å². The van der Waals surface area contributed by atoms with Crippen LogP contribution in [0.1, 0.15) is 12.5 Å². The molecule has 1 N–H and O–H groups in total. The Morgan fingerprint density at radius 1 is 1.42 bits per heavy atom. The third-order valence-corrected chi connectivity index (χ3v) is 5.03. The van der Waals surface area contributed by atoms with Gasteiger partial charge in [-0.25, -0.2) is 0 Å². The Morgan fingerprint density at radius 2 is 2.16 bits per heavy atom. The second-order valence-corrected chi connectivity index (χ2v) is 7.21. The van der Waals surface area contributed by atoms with E-state index in [1.54, 1.807) is 6.26 Å². The van der Waals surface area contributed by atoms with Crippen LogP contribution in [0.4, 0.5) is 0 Å². The third-order valence-electron chi connectivity index (χ3n) is 3.75. The maximum Gasteiger partial charge on any atom is 0.0444 e. The van der Waals surface area contributed by atoms with Gasteiger partial charge in [0.15, 0.2) is 0 Å². The minimum absolute atomic E-state index is 0.260. The van der Waals surface area contributed by atoms with E-state index in [1.165, 1.54) is 5.56 Å². The minimum atomic E-state index is -0.723. The molecule has 1 heterocycles. The number of rotatable bonds is 5. The molecule has 1 aromatic rings. The van der Waals surface area contributed by atoms with Crippen LogP contribution in [0.15, 0.2) is 30.3 Å². The van der Waals surface area contributed by atoms with E-state index in [4.69, 9.17) is 0 Å². The Morgan fingerprint density at radius 3 is 2.84 bits per heavy atom. The van der Waals surface area contributed by atoms with E-state index in [0.29, 0.717) is 6.04 Å². The van der Waals surface area contributed by atoms with Crippen molar-refractivity contribution in [3.05, 3.63) is 35.9 Å². The largest absolute Gasteiger partial charge is 0.311 e. The van der Waals surface area contributed by atoms with Crippen molar-refractivity contribution in [3.63, 3.8) is 0 Å². The molecule has 3 atom stereocenters. The highest BCUT2D eigenvalue weighted by atomic mass is 32.2. The molecule has 1 aromatic carbocycles. The monoisotopic (exact) mass is 280 g/mol. The molecule has 0 bridgehead atoms. The van der Waals surface area contributed by atoms with Crippen LogP contribution in [0.25, 0.3) is 0 Å². The molecule has 2 rings (SSSR count). The molecule has 19 heavy (non-hydrogen) atoms. The van der Waals surface area contributed by atoms with Crippen molar-refractivity contribution in [3.8, 4) is 0 Å². The standard InChI is InChI=1S/C15H24N2OS/c1-13(19(2)18)11-17-9-8-16-15(12-17)10-14-6-4-3-5-7-14/h3-7,13,15-16H,8-12H2,1-2H3. The molecule has 0 radical (unpaired) electrons. The fourth-order valence-corrected chi connectivity index (χ4v) is 2.98. The molecule has 1 aliphatic rings. The zero-order valence-corrected chi connectivity index (χ0v) is 12.7. The van der Waals surface area contributed by atoms with Crippen LogP contribution in [0.5, 0.6) is 0 Å². The van der Waals surface area contributed by atoms with E-state index < -0.39 is 10.8 Å². The molecular weight excluding hydrogens is 256 g/mol. The van der Waals surface area contributed by atoms with Gasteiger partial charge in [-0.2, -0.15) is 0 Å². The number of hydrogen-bond donors (Lipinski definition) is 1. The first kappa shape index (κ1) is 14.7. The van der Waals surface area contributed by atoms with Crippen molar-refractivity contribution < 1.29 is 4.21 Å². The first-order chi connectivity index (χ1) is 9.15. The summed E-state index contributed by atoms with van der Waals surface area (Å²) in [6.45, 7) is 6.16. The molecule has 3 nitrogen and oxygen atoms in total. The summed E-state index contributed by atoms with van der Waals surface area (Å²) in [5.74, 6) is 0. The number of nitrogens with zero attached hydrogens (tertiary/aromatic N) is 1. The summed E-state index contributed by atoms with van der Waals surface area (Å²) in [6.07, 6.45) is 2.87. The maximum absolute atomic E-state index is 11.5. The van der Waals surface area contributed by atoms with Crippen molar-refractivity contribution in [2.24, 2.45) is 0 Å². The summed E-state index contributed by atoms with van der Waals surface area (Å²) in [5.41, 5.74) is 1.38. The normalized spacial score (nSPS) is 24.0. The minimum Gasteiger partial charge on any atom is -0.311 e. The lowest BCUT2D eigenvalue weighted by molar-refractivity contribution is 0.201. The Labute approximate surface area is 118 Å². The first-order valence-corrected chi connectivity index (χ1v) is 8.59. The van der Waals surface area contributed by atoms with Crippen LogP contribution >= 0.6 is 0 Å². The fraction of sp³-hybridized carbons (Fsp3) is 0.600. The predicted molar refractivity (Wildman–Crippen MR) is 81.9 cm³/mol. The van der Waals surface area contributed by atoms with Crippen LogP contribution < -0.4 is 5.32 Å². The first-order valence-electron chi connectivity index (χ1n) is 6.97. The SMILES string of the molecule is CC(CN1CCNC(Cc2ccccc2)C1)S(C)=O. The molecular formula is C15H24N2OS. The number of benzene rings is 1. The van der Waals surface area contributed by atoms with Gasteiger partial charge >= 0.3 is 0 Å². The molecule has 0 spiro atoms. The van der Waals surface area contributed by atoms with Gasteiger partial charge in [0.25, 0.3) is 0 Å². The Bertz CT molecular complexity index is 410. The molecule has 0 saturated carbocycles. The van der Waals surface area contributed by atoms with E-state index in [2.05, 4.69) is 47.5 Å². The van der Waals surface area contributed by atoms with Gasteiger partial charge in [0.2, 0.25) is 0 Å². The molecule has 4 heteroatoms. The lowest BCUT2D eigenvalue weighted by Crippen LogP contribution is -2.53. The van der Waals surface area contributed by atoms with Gasteiger partial charge < -0.3 is 5.32 Å². The summed E-state index contributed by atoms with van der Waals surface area (Å²) >= 11 is 0. The van der Waals surface area contributed by atoms with E-state index in [9.17, 15) is 4.21 Å². The highest BCUT2D eigenvalue weighted by Gasteiger charge is 2.21. The average molecular weight is 280 g/mol. The summed E-state index contributed by atoms with van der Waals surface area (Å²) in [7, 11) is -0.723. The predicted octanol–water partition coefficient (Wildman–Crippen LogP) is 1.27. The van der Waals surface area contributed by atoms with Crippen LogP contribution in [0.3, 0.4) is 0 Å². The molecule has 0 aliphatic carbocycles. The molecule has 1 saturated heterocycles. The topological polar surface area (TPSA) is 32.3 Å². The molecule has 1 fully saturated rings. The molecule has 0 aromatic heterocycles. The Balaban J connectivity index is 1.85. The van der Waals surface area contributed by atoms with Gasteiger partial charge in [0.05, 0.1) is 0 Å². The lowest BCUT2D eigenvalue weighted by Gasteiger charge is -2.35. The Kier molecular flexibility index (Phi) is 5.55. The van der Waals surface area contributed by atoms with E-state index in [-0.39, 0.29) is 5.25 Å². The molecule has 106 valence electrons. The van der Waals surface area contributed by atoms with Crippen molar-refractivity contribution in [1.29, 1.82) is 0 Å². The van der Waals surface area contributed by atoms with Gasteiger partial charge in [0.1, 0.15) is 0 Å². The van der Waals surface area contributed by atoms with Gasteiger partial charge in [-0.15, -0.1) is 0 Å². The van der Waals surface area contributed by atoms with Gasteiger partial charge in [0, 0.05) is 54.5 Å². The van der Waals surface area contributed by atoms with Crippen LogP contribution in [0, 0.1) is 0 Å². The summed E-state index contributed by atoms with van der Waals surface area (Å²) in [5, 5.41) is 3.84. The Hall–Kier alpha value is -0.710. The molecule has 0 amide bonds. The number of nitrogens with one attached hydrogen (secondary N) is 1. The van der Waals surface area contributed by atoms with Crippen LogP contribution in [0.2, 0.25) is 0 Å². The van der Waals surface area contributed by atoms with Crippen LogP contribution in [-0.4, -0.2) is 52.8 Å². The van der Waals surface area contributed by atoms with Crippen LogP contribution in [-0.2, 0) is 17.2 Å². The summed E-state index contributed by atoms with van der Waals surface area (Å²) < 4.78 is 11.5. The third kappa shape index (κ3) is 4.71. The molecule has 3 unspecified atom stereocenters. The summed E-state index contributed by atoms with van der Waals surface area (Å²) in [6, 6.07) is 11.1. The van der Waals surface area contributed by atoms with E-state index >= 15 is 0 Å². The average Bonchev–Trinajstić information content (AvgIpc) is 2.40. The molecule has 1 aliphatic heterocycles. The van der Waals surface area contributed by atoms with E-state index in [0.717, 1.165) is 32.6 Å². The van der Waals surface area contributed by atoms with E-state index in [1.807, 2.05) is 0 Å². The maximum atomic E-state index is 11.5. The van der Waals surface area contributed by atoms with Gasteiger partial charge in [-0.1, -0.05) is 30.3 Å². The van der Waals surface area contributed by atoms with Crippen molar-refractivity contribution in [2.75, 3.05) is 32.4 Å². The van der Waals surface area contributed by atoms with Crippen molar-refractivity contribution in [1.82, 2.24) is 10.2 Å². The fourth-order valence-electron chi connectivity index (χ4n) is 2.56. The smallest absolute Gasteiger partial charge is 0.0444 e. The summed E-state index contributed by atoms with van der Waals surface area (Å²) in [4.78, 5) is 2.44. The van der Waals surface area contributed by atoms with Gasteiger partial charge in [-0.05, 0) is 18.9 Å². The lowest BCUT2D eigenvalue weighted by atomic mass is 10.0. The quantitative estimate of drug-likeness (QED) is 0.881. The van der Waals surface area contributed by atoms with Crippen molar-refractivity contribution in [2.45, 2.75) is 24.6 Å². The number of piperazine rings is 1. The second-order valence-electron chi connectivity index (χ2n) is 5.41. The zero-order valence-electron chi connectivity index (χ0n) is 11.8. The van der Waals surface area contributed by atoms with Crippen molar-refractivity contribution >= 4 is 10.8 Å². The zero-order chi connectivity index (χ0) is 13.7. The number of hydrogen-bond acceptors (Lipinski definition) is 3. The highest BCUT2D eigenvalue weighted by molar-refractivity contribution is 7.84. The second kappa shape index (κ2) is 7.17. The highest BCUT2D eigenvalue weighted by Crippen LogP contribution is 2.09.